The highest BCUT2D eigenvalue weighted by molar-refractivity contribution is 7.11. The van der Waals surface area contributed by atoms with E-state index in [1.807, 2.05) is 18.4 Å². The van der Waals surface area contributed by atoms with Crippen molar-refractivity contribution in [2.45, 2.75) is 64.3 Å². The Kier molecular flexibility index (Phi) is 4.99. The van der Waals surface area contributed by atoms with Crippen LogP contribution in [0, 0.1) is 0 Å². The summed E-state index contributed by atoms with van der Waals surface area (Å²) >= 11 is 1.95. The molecule has 1 heterocycles. The van der Waals surface area contributed by atoms with E-state index in [2.05, 4.69) is 12.2 Å². The minimum Gasteiger partial charge on any atom is -0.315 e. The molecule has 1 aliphatic rings. The van der Waals surface area contributed by atoms with Crippen LogP contribution in [0.1, 0.15) is 66.9 Å². The Morgan fingerprint density at radius 3 is 2.53 bits per heavy atom. The minimum atomic E-state index is 0.749. The second kappa shape index (κ2) is 6.50. The fraction of sp³-hybridized carbons (Fsp3) is 0.786. The van der Waals surface area contributed by atoms with E-state index in [4.69, 9.17) is 4.98 Å². The zero-order valence-corrected chi connectivity index (χ0v) is 11.9. The first-order valence-electron chi connectivity index (χ1n) is 6.98. The van der Waals surface area contributed by atoms with Crippen LogP contribution in [0.2, 0.25) is 0 Å². The molecule has 0 radical (unpaired) electrons. The Morgan fingerprint density at radius 1 is 1.24 bits per heavy atom. The molecule has 0 aliphatic heterocycles. The van der Waals surface area contributed by atoms with Crippen LogP contribution in [0.15, 0.2) is 0 Å². The van der Waals surface area contributed by atoms with Gasteiger partial charge in [-0.05, 0) is 26.3 Å². The Balaban J connectivity index is 2.13. The number of nitrogens with one attached hydrogen (secondary N) is 1. The van der Waals surface area contributed by atoms with Gasteiger partial charge in [-0.15, -0.1) is 11.3 Å². The average molecular weight is 252 g/mol. The van der Waals surface area contributed by atoms with Gasteiger partial charge in [-0.2, -0.15) is 0 Å². The Morgan fingerprint density at radius 2 is 1.94 bits per heavy atom. The van der Waals surface area contributed by atoms with Gasteiger partial charge in [-0.3, -0.25) is 0 Å². The second-order valence-electron chi connectivity index (χ2n) is 4.99. The van der Waals surface area contributed by atoms with Crippen LogP contribution in [-0.2, 0) is 13.0 Å². The molecule has 0 bridgehead atoms. The normalized spacial score (nSPS) is 18.2. The second-order valence-corrected chi connectivity index (χ2v) is 6.11. The summed E-state index contributed by atoms with van der Waals surface area (Å²) in [7, 11) is 2.02. The van der Waals surface area contributed by atoms with Crippen molar-refractivity contribution in [2.24, 2.45) is 0 Å². The topological polar surface area (TPSA) is 24.9 Å². The van der Waals surface area contributed by atoms with Gasteiger partial charge >= 0.3 is 0 Å². The summed E-state index contributed by atoms with van der Waals surface area (Å²) in [6.45, 7) is 3.19. The lowest BCUT2D eigenvalue weighted by Gasteiger charge is -2.09. The third kappa shape index (κ3) is 3.29. The lowest BCUT2D eigenvalue weighted by Crippen LogP contribution is -2.05. The summed E-state index contributed by atoms with van der Waals surface area (Å²) in [5.41, 5.74) is 1.32. The van der Waals surface area contributed by atoms with E-state index in [1.165, 1.54) is 54.1 Å². The number of aromatic nitrogens is 1. The quantitative estimate of drug-likeness (QED) is 0.823. The molecular weight excluding hydrogens is 228 g/mol. The van der Waals surface area contributed by atoms with Crippen molar-refractivity contribution in [3.8, 4) is 0 Å². The number of aryl methyl sites for hydroxylation is 1. The van der Waals surface area contributed by atoms with Crippen LogP contribution in [0.5, 0.6) is 0 Å². The summed E-state index contributed by atoms with van der Waals surface area (Å²) in [6.07, 6.45) is 9.42. The van der Waals surface area contributed by atoms with Gasteiger partial charge < -0.3 is 5.32 Å². The monoisotopic (exact) mass is 252 g/mol. The van der Waals surface area contributed by atoms with Gasteiger partial charge in [0.1, 0.15) is 0 Å². The molecule has 0 amide bonds. The molecule has 96 valence electrons. The molecule has 0 unspecified atom stereocenters. The average Bonchev–Trinajstić information content (AvgIpc) is 2.58. The molecular formula is C14H24N2S. The number of thiazole rings is 1. The fourth-order valence-corrected chi connectivity index (χ4v) is 4.01. The first kappa shape index (κ1) is 13.0. The van der Waals surface area contributed by atoms with E-state index in [0.29, 0.717) is 0 Å². The van der Waals surface area contributed by atoms with Crippen LogP contribution in [-0.4, -0.2) is 12.0 Å². The largest absolute Gasteiger partial charge is 0.315 e. The van der Waals surface area contributed by atoms with E-state index in [-0.39, 0.29) is 0 Å². The maximum absolute atomic E-state index is 4.89. The van der Waals surface area contributed by atoms with Crippen LogP contribution in [0.25, 0.3) is 0 Å². The van der Waals surface area contributed by atoms with Crippen molar-refractivity contribution in [1.29, 1.82) is 0 Å². The molecule has 1 aromatic rings. The molecule has 0 saturated heterocycles. The van der Waals surface area contributed by atoms with Gasteiger partial charge in [-0.25, -0.2) is 4.98 Å². The highest BCUT2D eigenvalue weighted by Crippen LogP contribution is 2.35. The van der Waals surface area contributed by atoms with E-state index in [1.54, 1.807) is 0 Å². The van der Waals surface area contributed by atoms with Gasteiger partial charge in [-0.1, -0.05) is 32.6 Å². The summed E-state index contributed by atoms with van der Waals surface area (Å²) in [4.78, 5) is 6.34. The Hall–Kier alpha value is -0.410. The third-order valence-electron chi connectivity index (χ3n) is 3.67. The summed E-state index contributed by atoms with van der Waals surface area (Å²) < 4.78 is 0. The highest BCUT2D eigenvalue weighted by atomic mass is 32.1. The lowest BCUT2D eigenvalue weighted by molar-refractivity contribution is 0.587. The minimum absolute atomic E-state index is 0.749. The van der Waals surface area contributed by atoms with Gasteiger partial charge in [0.2, 0.25) is 0 Å². The summed E-state index contributed by atoms with van der Waals surface area (Å²) in [6, 6.07) is 0. The molecule has 3 heteroatoms. The molecule has 1 aliphatic carbocycles. The summed E-state index contributed by atoms with van der Waals surface area (Å²) in [5.74, 6) is 0.749. The lowest BCUT2D eigenvalue weighted by atomic mass is 10.0. The zero-order chi connectivity index (χ0) is 12.1. The van der Waals surface area contributed by atoms with Crippen molar-refractivity contribution in [1.82, 2.24) is 10.3 Å². The number of hydrogen-bond acceptors (Lipinski definition) is 3. The van der Waals surface area contributed by atoms with Crippen LogP contribution >= 0.6 is 11.3 Å². The molecule has 0 aromatic carbocycles. The number of rotatable bonds is 4. The van der Waals surface area contributed by atoms with Crippen molar-refractivity contribution in [2.75, 3.05) is 7.05 Å². The standard InChI is InChI=1S/C14H24N2S/c1-3-12-13(10-15-2)17-14(16-12)11-8-6-4-5-7-9-11/h11,15H,3-10H2,1-2H3. The van der Waals surface area contributed by atoms with Crippen LogP contribution in [0.4, 0.5) is 0 Å². The number of hydrogen-bond donors (Lipinski definition) is 1. The molecule has 1 N–H and O–H groups in total. The summed E-state index contributed by atoms with van der Waals surface area (Å²) in [5, 5.41) is 4.67. The van der Waals surface area contributed by atoms with Gasteiger partial charge in [0.15, 0.2) is 0 Å². The Bertz CT molecular complexity index is 338. The van der Waals surface area contributed by atoms with Crippen LogP contribution < -0.4 is 5.32 Å². The zero-order valence-electron chi connectivity index (χ0n) is 11.1. The predicted molar refractivity (Wildman–Crippen MR) is 74.7 cm³/mol. The third-order valence-corrected chi connectivity index (χ3v) is 4.93. The van der Waals surface area contributed by atoms with E-state index < -0.39 is 0 Å². The molecule has 17 heavy (non-hydrogen) atoms. The maximum Gasteiger partial charge on any atom is 0.0962 e. The van der Waals surface area contributed by atoms with E-state index >= 15 is 0 Å². The van der Waals surface area contributed by atoms with Crippen molar-refractivity contribution in [3.63, 3.8) is 0 Å². The molecule has 1 fully saturated rings. The Labute approximate surface area is 109 Å². The molecule has 2 nitrogen and oxygen atoms in total. The van der Waals surface area contributed by atoms with Gasteiger partial charge in [0, 0.05) is 17.3 Å². The highest BCUT2D eigenvalue weighted by Gasteiger charge is 2.19. The van der Waals surface area contributed by atoms with Crippen molar-refractivity contribution < 1.29 is 0 Å². The van der Waals surface area contributed by atoms with Crippen molar-refractivity contribution >= 4 is 11.3 Å². The smallest absolute Gasteiger partial charge is 0.0962 e. The molecule has 1 aromatic heterocycles. The molecule has 2 rings (SSSR count). The first-order chi connectivity index (χ1) is 8.35. The van der Waals surface area contributed by atoms with E-state index in [9.17, 15) is 0 Å². The predicted octanol–water partition coefficient (Wildman–Crippen LogP) is 3.86. The SMILES string of the molecule is CCc1nc(C2CCCCCC2)sc1CNC. The molecule has 1 saturated carbocycles. The van der Waals surface area contributed by atoms with Crippen molar-refractivity contribution in [3.05, 3.63) is 15.6 Å². The molecule has 0 atom stereocenters. The molecule has 0 spiro atoms. The van der Waals surface area contributed by atoms with Gasteiger partial charge in [0.05, 0.1) is 10.7 Å². The van der Waals surface area contributed by atoms with E-state index in [0.717, 1.165) is 18.9 Å². The van der Waals surface area contributed by atoms with Crippen LogP contribution in [0.3, 0.4) is 0 Å². The maximum atomic E-state index is 4.89. The van der Waals surface area contributed by atoms with Gasteiger partial charge in [0.25, 0.3) is 0 Å². The first-order valence-corrected chi connectivity index (χ1v) is 7.79. The number of nitrogens with zero attached hydrogens (tertiary/aromatic N) is 1. The fourth-order valence-electron chi connectivity index (χ4n) is 2.68.